The summed E-state index contributed by atoms with van der Waals surface area (Å²) in [7, 11) is 1.15. The quantitative estimate of drug-likeness (QED) is 0.895. The van der Waals surface area contributed by atoms with Crippen LogP contribution in [0.25, 0.3) is 0 Å². The molecule has 2 rings (SSSR count). The molecule has 0 bridgehead atoms. The summed E-state index contributed by atoms with van der Waals surface area (Å²) >= 11 is 0. The number of halogens is 3. The third-order valence-corrected chi connectivity index (χ3v) is 3.68. The minimum absolute atomic E-state index is 0.0109. The molecule has 5 nitrogen and oxygen atoms in total. The van der Waals surface area contributed by atoms with Gasteiger partial charge in [-0.2, -0.15) is 13.2 Å². The summed E-state index contributed by atoms with van der Waals surface area (Å²) in [4.78, 5) is 24.4. The molecule has 0 saturated carbocycles. The zero-order valence-electron chi connectivity index (χ0n) is 12.5. The number of anilines is 1. The number of likely N-dealkylation sites (N-methyl/N-ethyl adjacent to an activating group) is 1. The highest BCUT2D eigenvalue weighted by Gasteiger charge is 2.39. The van der Waals surface area contributed by atoms with Gasteiger partial charge in [-0.25, -0.2) is 4.79 Å². The predicted molar refractivity (Wildman–Crippen MR) is 77.4 cm³/mol. The number of ketones is 1. The number of aliphatic hydroxyl groups is 1. The van der Waals surface area contributed by atoms with Crippen LogP contribution >= 0.6 is 0 Å². The summed E-state index contributed by atoms with van der Waals surface area (Å²) in [5.74, 6) is -0.0109. The second-order valence-corrected chi connectivity index (χ2v) is 5.52. The molecule has 0 radical (unpaired) electrons. The van der Waals surface area contributed by atoms with Crippen molar-refractivity contribution in [3.8, 4) is 0 Å². The van der Waals surface area contributed by atoms with E-state index in [0.29, 0.717) is 17.7 Å². The SMILES string of the molecule is CN(C[C@@H](O)C(F)(F)F)C(=O)Nc1ccc2c(c1)C(=O)CCC2. The van der Waals surface area contributed by atoms with Crippen LogP contribution in [0.2, 0.25) is 0 Å². The molecule has 2 N–H and O–H groups in total. The molecule has 1 atom stereocenters. The standard InChI is InChI=1S/C15H17F3N2O3/c1-20(8-13(22)15(16,17)18)14(23)19-10-6-5-9-3-2-4-12(21)11(9)7-10/h5-7,13,22H,2-4,8H2,1H3,(H,19,23)/t13-/m1/s1. The third-order valence-electron chi connectivity index (χ3n) is 3.68. The van der Waals surface area contributed by atoms with Crippen molar-refractivity contribution in [1.82, 2.24) is 4.90 Å². The first-order valence-electron chi connectivity index (χ1n) is 7.11. The van der Waals surface area contributed by atoms with E-state index in [1.165, 1.54) is 6.07 Å². The molecule has 2 amide bonds. The Balaban J connectivity index is 2.03. The summed E-state index contributed by atoms with van der Waals surface area (Å²) in [5.41, 5.74) is 1.77. The number of alkyl halides is 3. The minimum Gasteiger partial charge on any atom is -0.382 e. The smallest absolute Gasteiger partial charge is 0.382 e. The number of nitrogens with zero attached hydrogens (tertiary/aromatic N) is 1. The zero-order valence-corrected chi connectivity index (χ0v) is 12.5. The molecular formula is C15H17F3N2O3. The highest BCUT2D eigenvalue weighted by molar-refractivity contribution is 6.00. The molecule has 0 saturated heterocycles. The van der Waals surface area contributed by atoms with Crippen molar-refractivity contribution >= 4 is 17.5 Å². The zero-order chi connectivity index (χ0) is 17.2. The van der Waals surface area contributed by atoms with Crippen LogP contribution in [0.15, 0.2) is 18.2 Å². The number of carbonyl (C=O) groups excluding carboxylic acids is 2. The second-order valence-electron chi connectivity index (χ2n) is 5.52. The van der Waals surface area contributed by atoms with Gasteiger partial charge in [0, 0.05) is 24.7 Å². The monoisotopic (exact) mass is 330 g/mol. The molecule has 126 valence electrons. The van der Waals surface area contributed by atoms with Crippen molar-refractivity contribution in [3.05, 3.63) is 29.3 Å². The molecule has 0 fully saturated rings. The van der Waals surface area contributed by atoms with Gasteiger partial charge in [-0.1, -0.05) is 6.07 Å². The first-order valence-corrected chi connectivity index (χ1v) is 7.11. The maximum absolute atomic E-state index is 12.3. The van der Waals surface area contributed by atoms with Crippen LogP contribution in [0.4, 0.5) is 23.7 Å². The number of Topliss-reactive ketones (excluding diaryl/α,β-unsaturated/α-hetero) is 1. The van der Waals surface area contributed by atoms with Gasteiger partial charge >= 0.3 is 12.2 Å². The van der Waals surface area contributed by atoms with Gasteiger partial charge < -0.3 is 15.3 Å². The van der Waals surface area contributed by atoms with Crippen molar-refractivity contribution in [2.45, 2.75) is 31.5 Å². The Morgan fingerprint density at radius 2 is 2.09 bits per heavy atom. The van der Waals surface area contributed by atoms with Crippen molar-refractivity contribution in [1.29, 1.82) is 0 Å². The van der Waals surface area contributed by atoms with Gasteiger partial charge in [0.25, 0.3) is 0 Å². The normalized spacial score (nSPS) is 15.8. The number of benzene rings is 1. The number of carbonyl (C=O) groups is 2. The summed E-state index contributed by atoms with van der Waals surface area (Å²) in [6.45, 7) is -0.876. The lowest BCUT2D eigenvalue weighted by Crippen LogP contribution is -2.43. The molecule has 8 heteroatoms. The van der Waals surface area contributed by atoms with Crippen molar-refractivity contribution in [2.75, 3.05) is 18.9 Å². The molecule has 0 spiro atoms. The van der Waals surface area contributed by atoms with E-state index in [4.69, 9.17) is 5.11 Å². The first-order chi connectivity index (χ1) is 10.7. The van der Waals surface area contributed by atoms with Gasteiger partial charge in [0.1, 0.15) is 0 Å². The van der Waals surface area contributed by atoms with Gasteiger partial charge in [0.15, 0.2) is 11.9 Å². The molecule has 0 unspecified atom stereocenters. The second kappa shape index (κ2) is 6.57. The van der Waals surface area contributed by atoms with Crippen molar-refractivity contribution in [2.24, 2.45) is 0 Å². The van der Waals surface area contributed by atoms with Crippen LogP contribution < -0.4 is 5.32 Å². The van der Waals surface area contributed by atoms with Crippen LogP contribution in [-0.2, 0) is 6.42 Å². The number of nitrogens with one attached hydrogen (secondary N) is 1. The van der Waals surface area contributed by atoms with E-state index in [1.807, 2.05) is 0 Å². The number of hydrogen-bond acceptors (Lipinski definition) is 3. The molecule has 1 aromatic carbocycles. The fraction of sp³-hybridized carbons (Fsp3) is 0.467. The number of urea groups is 1. The van der Waals surface area contributed by atoms with Crippen LogP contribution in [-0.4, -0.2) is 47.7 Å². The average Bonchev–Trinajstić information content (AvgIpc) is 2.47. The lowest BCUT2D eigenvalue weighted by atomic mass is 9.90. The largest absolute Gasteiger partial charge is 0.416 e. The van der Waals surface area contributed by atoms with Gasteiger partial charge in [0.2, 0.25) is 0 Å². The molecule has 0 aromatic heterocycles. The molecule has 1 aromatic rings. The maximum atomic E-state index is 12.3. The average molecular weight is 330 g/mol. The molecule has 0 aliphatic heterocycles. The Morgan fingerprint density at radius 1 is 1.39 bits per heavy atom. The van der Waals surface area contributed by atoms with Crippen molar-refractivity contribution < 1.29 is 27.9 Å². The van der Waals surface area contributed by atoms with E-state index in [-0.39, 0.29) is 5.78 Å². The van der Waals surface area contributed by atoms with Gasteiger partial charge in [0.05, 0.1) is 6.54 Å². The predicted octanol–water partition coefficient (Wildman–Crippen LogP) is 2.59. The Labute approximate surface area is 131 Å². The van der Waals surface area contributed by atoms with E-state index in [2.05, 4.69) is 5.32 Å². The van der Waals surface area contributed by atoms with Crippen LogP contribution in [0.5, 0.6) is 0 Å². The van der Waals surface area contributed by atoms with Crippen LogP contribution in [0.3, 0.4) is 0 Å². The Hall–Kier alpha value is -2.09. The number of aliphatic hydroxyl groups excluding tert-OH is 1. The van der Waals surface area contributed by atoms with E-state index in [9.17, 15) is 22.8 Å². The van der Waals surface area contributed by atoms with E-state index >= 15 is 0 Å². The van der Waals surface area contributed by atoms with E-state index in [1.54, 1.807) is 12.1 Å². The van der Waals surface area contributed by atoms with Crippen LogP contribution in [0, 0.1) is 0 Å². The fourth-order valence-electron chi connectivity index (χ4n) is 2.37. The molecular weight excluding hydrogens is 313 g/mol. The number of aryl methyl sites for hydroxylation is 1. The number of amides is 2. The highest BCUT2D eigenvalue weighted by Crippen LogP contribution is 2.25. The minimum atomic E-state index is -4.78. The maximum Gasteiger partial charge on any atom is 0.416 e. The molecule has 0 heterocycles. The Bertz CT molecular complexity index is 616. The van der Waals surface area contributed by atoms with Gasteiger partial charge in [-0.05, 0) is 30.5 Å². The lowest BCUT2D eigenvalue weighted by Gasteiger charge is -2.23. The fourth-order valence-corrected chi connectivity index (χ4v) is 2.37. The number of fused-ring (bicyclic) bond motifs is 1. The Kier molecular flexibility index (Phi) is 4.93. The van der Waals surface area contributed by atoms with Gasteiger partial charge in [-0.15, -0.1) is 0 Å². The molecule has 23 heavy (non-hydrogen) atoms. The topological polar surface area (TPSA) is 69.6 Å². The summed E-state index contributed by atoms with van der Waals surface area (Å²) < 4.78 is 36.9. The third kappa shape index (κ3) is 4.22. The Morgan fingerprint density at radius 3 is 2.74 bits per heavy atom. The highest BCUT2D eigenvalue weighted by atomic mass is 19.4. The lowest BCUT2D eigenvalue weighted by molar-refractivity contribution is -0.205. The van der Waals surface area contributed by atoms with E-state index in [0.717, 1.165) is 30.4 Å². The molecule has 1 aliphatic carbocycles. The molecule has 1 aliphatic rings. The van der Waals surface area contributed by atoms with Gasteiger partial charge in [-0.3, -0.25) is 4.79 Å². The summed E-state index contributed by atoms with van der Waals surface area (Å²) in [5, 5.41) is 11.4. The first kappa shape index (κ1) is 17.3. The van der Waals surface area contributed by atoms with E-state index < -0.39 is 24.9 Å². The summed E-state index contributed by atoms with van der Waals surface area (Å²) in [6, 6.07) is 4.06. The number of hydrogen-bond donors (Lipinski definition) is 2. The van der Waals surface area contributed by atoms with Crippen LogP contribution in [0.1, 0.15) is 28.8 Å². The van der Waals surface area contributed by atoms with Crippen molar-refractivity contribution in [3.63, 3.8) is 0 Å². The number of rotatable bonds is 3. The summed E-state index contributed by atoms with van der Waals surface area (Å²) in [6.07, 6.45) is -5.37.